The van der Waals surface area contributed by atoms with Crippen LogP contribution in [0.15, 0.2) is 54.6 Å². The van der Waals surface area contributed by atoms with Crippen molar-refractivity contribution in [3.05, 3.63) is 65.7 Å². The number of carboxylic acid groups (broad SMARTS) is 1. The largest absolute Gasteiger partial charge is 0.508 e. The minimum Gasteiger partial charge on any atom is -0.508 e. The van der Waals surface area contributed by atoms with E-state index in [4.69, 9.17) is 11.5 Å². The maximum Gasteiger partial charge on any atom is 0.326 e. The molecule has 12 heteroatoms. The van der Waals surface area contributed by atoms with Gasteiger partial charge in [0, 0.05) is 6.42 Å². The number of aromatic hydroxyl groups is 1. The van der Waals surface area contributed by atoms with Crippen LogP contribution in [0, 0.1) is 0 Å². The van der Waals surface area contributed by atoms with Crippen LogP contribution in [0.2, 0.25) is 0 Å². The topological polar surface area (TPSA) is 217 Å². The Morgan fingerprint density at radius 3 is 1.90 bits per heavy atom. The van der Waals surface area contributed by atoms with Gasteiger partial charge in [-0.25, -0.2) is 4.79 Å². The summed E-state index contributed by atoms with van der Waals surface area (Å²) in [6, 6.07) is 10.1. The van der Waals surface area contributed by atoms with Crippen LogP contribution in [0.5, 0.6) is 5.75 Å². The number of amides is 3. The van der Waals surface area contributed by atoms with Crippen molar-refractivity contribution in [3.8, 4) is 5.75 Å². The van der Waals surface area contributed by atoms with Crippen LogP contribution in [-0.4, -0.2) is 76.3 Å². The number of phenols is 1. The molecule has 3 amide bonds. The lowest BCUT2D eigenvalue weighted by Crippen LogP contribution is -2.58. The zero-order valence-electron chi connectivity index (χ0n) is 21.6. The molecule has 0 radical (unpaired) electrons. The number of phenolic OH excluding ortho intramolecular Hbond substituents is 1. The first-order chi connectivity index (χ1) is 18.6. The summed E-state index contributed by atoms with van der Waals surface area (Å²) in [7, 11) is 0. The first kappa shape index (κ1) is 31.2. The van der Waals surface area contributed by atoms with E-state index in [2.05, 4.69) is 16.0 Å². The molecule has 12 nitrogen and oxygen atoms in total. The number of nitrogens with one attached hydrogen (secondary N) is 3. The lowest BCUT2D eigenvalue weighted by Gasteiger charge is -2.24. The van der Waals surface area contributed by atoms with Crippen molar-refractivity contribution in [3.63, 3.8) is 0 Å². The standard InChI is InChI=1S/C27H37N5O7/c28-13-5-4-8-21(30-24(35)20(29)14-17-6-2-1-3-7-17)25(36)32-23(16-33)26(37)31-22(27(38)39)15-18-9-11-19(34)12-10-18/h1-3,6-7,9-12,20-23,33-34H,4-5,8,13-16,28-29H2,(H,30,35)(H,31,37)(H,32,36)(H,38,39). The van der Waals surface area contributed by atoms with E-state index in [1.54, 1.807) is 0 Å². The number of carbonyl (C=O) groups excluding carboxylic acids is 3. The number of nitrogens with two attached hydrogens (primary N) is 2. The van der Waals surface area contributed by atoms with E-state index in [9.17, 15) is 34.5 Å². The number of unbranched alkanes of at least 4 members (excludes halogenated alkanes) is 1. The summed E-state index contributed by atoms with van der Waals surface area (Å²) in [6.07, 6.45) is 1.47. The van der Waals surface area contributed by atoms with E-state index in [1.165, 1.54) is 24.3 Å². The zero-order chi connectivity index (χ0) is 28.8. The Bertz CT molecular complexity index is 1080. The smallest absolute Gasteiger partial charge is 0.326 e. The molecule has 0 fully saturated rings. The highest BCUT2D eigenvalue weighted by molar-refractivity contribution is 5.94. The molecule has 39 heavy (non-hydrogen) atoms. The molecule has 2 aromatic rings. The fourth-order valence-corrected chi connectivity index (χ4v) is 3.81. The van der Waals surface area contributed by atoms with Gasteiger partial charge < -0.3 is 42.7 Å². The Labute approximate surface area is 226 Å². The minimum atomic E-state index is -1.47. The Morgan fingerprint density at radius 2 is 1.31 bits per heavy atom. The fraction of sp³-hybridized carbons (Fsp3) is 0.407. The van der Waals surface area contributed by atoms with Gasteiger partial charge in [-0.05, 0) is 55.5 Å². The molecule has 0 bridgehead atoms. The molecule has 0 aliphatic heterocycles. The summed E-state index contributed by atoms with van der Waals surface area (Å²) in [5.41, 5.74) is 13.0. The second-order valence-electron chi connectivity index (χ2n) is 9.16. The fourth-order valence-electron chi connectivity index (χ4n) is 3.81. The molecule has 0 aliphatic rings. The quantitative estimate of drug-likeness (QED) is 0.124. The second-order valence-corrected chi connectivity index (χ2v) is 9.16. The molecule has 212 valence electrons. The van der Waals surface area contributed by atoms with Crippen molar-refractivity contribution in [2.75, 3.05) is 13.2 Å². The van der Waals surface area contributed by atoms with Gasteiger partial charge in [0.2, 0.25) is 17.7 Å². The Hall–Kier alpha value is -4.00. The monoisotopic (exact) mass is 543 g/mol. The summed E-state index contributed by atoms with van der Waals surface area (Å²) in [6.45, 7) is -0.421. The third kappa shape index (κ3) is 10.7. The lowest BCUT2D eigenvalue weighted by atomic mass is 10.0. The third-order valence-corrected chi connectivity index (χ3v) is 6.02. The van der Waals surface area contributed by atoms with E-state index < -0.39 is 54.5 Å². The molecular weight excluding hydrogens is 506 g/mol. The number of rotatable bonds is 16. The molecule has 0 aliphatic carbocycles. The molecule has 0 saturated heterocycles. The van der Waals surface area contributed by atoms with Crippen molar-refractivity contribution in [2.24, 2.45) is 11.5 Å². The molecule has 0 aromatic heterocycles. The van der Waals surface area contributed by atoms with Gasteiger partial charge >= 0.3 is 5.97 Å². The van der Waals surface area contributed by atoms with Crippen LogP contribution in [0.25, 0.3) is 0 Å². The average molecular weight is 544 g/mol. The highest BCUT2D eigenvalue weighted by Crippen LogP contribution is 2.12. The van der Waals surface area contributed by atoms with E-state index in [1.807, 2.05) is 30.3 Å². The number of carbonyl (C=O) groups is 4. The predicted molar refractivity (Wildman–Crippen MR) is 143 cm³/mol. The van der Waals surface area contributed by atoms with Crippen molar-refractivity contribution in [1.82, 2.24) is 16.0 Å². The van der Waals surface area contributed by atoms with Gasteiger partial charge in [-0.15, -0.1) is 0 Å². The first-order valence-electron chi connectivity index (χ1n) is 12.7. The van der Waals surface area contributed by atoms with Gasteiger partial charge in [0.25, 0.3) is 0 Å². The number of carboxylic acids is 1. The summed E-state index contributed by atoms with van der Waals surface area (Å²) in [5, 5.41) is 36.1. The third-order valence-electron chi connectivity index (χ3n) is 6.02. The van der Waals surface area contributed by atoms with Crippen LogP contribution in [0.1, 0.15) is 30.4 Å². The average Bonchev–Trinajstić information content (AvgIpc) is 2.92. The van der Waals surface area contributed by atoms with Crippen molar-refractivity contribution >= 4 is 23.7 Å². The molecule has 0 heterocycles. The van der Waals surface area contributed by atoms with Crippen LogP contribution in [0.4, 0.5) is 0 Å². The maximum absolute atomic E-state index is 13.0. The molecular formula is C27H37N5O7. The molecule has 10 N–H and O–H groups in total. The number of hydrogen-bond acceptors (Lipinski definition) is 8. The van der Waals surface area contributed by atoms with Crippen LogP contribution >= 0.6 is 0 Å². The molecule has 2 rings (SSSR count). The van der Waals surface area contributed by atoms with Gasteiger partial charge in [-0.1, -0.05) is 42.5 Å². The normalized spacial score (nSPS) is 13.9. The number of aliphatic hydroxyl groups is 1. The first-order valence-corrected chi connectivity index (χ1v) is 12.7. The summed E-state index contributed by atoms with van der Waals surface area (Å²) in [5.74, 6) is -3.51. The Morgan fingerprint density at radius 1 is 0.744 bits per heavy atom. The van der Waals surface area contributed by atoms with Crippen molar-refractivity contribution in [2.45, 2.75) is 56.3 Å². The number of aliphatic hydroxyl groups excluding tert-OH is 1. The molecule has 4 unspecified atom stereocenters. The molecule has 2 aromatic carbocycles. The van der Waals surface area contributed by atoms with Gasteiger partial charge in [-0.3, -0.25) is 14.4 Å². The summed E-state index contributed by atoms with van der Waals surface area (Å²) >= 11 is 0. The highest BCUT2D eigenvalue weighted by Gasteiger charge is 2.30. The summed E-state index contributed by atoms with van der Waals surface area (Å²) in [4.78, 5) is 50.3. The highest BCUT2D eigenvalue weighted by atomic mass is 16.4. The van der Waals surface area contributed by atoms with Gasteiger partial charge in [0.05, 0.1) is 12.6 Å². The van der Waals surface area contributed by atoms with Gasteiger partial charge in [-0.2, -0.15) is 0 Å². The molecule has 0 spiro atoms. The number of benzene rings is 2. The van der Waals surface area contributed by atoms with Crippen LogP contribution in [-0.2, 0) is 32.0 Å². The number of aliphatic carboxylic acids is 1. The summed E-state index contributed by atoms with van der Waals surface area (Å²) < 4.78 is 0. The number of hydrogen-bond donors (Lipinski definition) is 8. The molecule has 4 atom stereocenters. The van der Waals surface area contributed by atoms with E-state index >= 15 is 0 Å². The van der Waals surface area contributed by atoms with Gasteiger partial charge in [0.1, 0.15) is 23.9 Å². The predicted octanol–water partition coefficient (Wildman–Crippen LogP) is -0.835. The van der Waals surface area contributed by atoms with Crippen LogP contribution < -0.4 is 27.4 Å². The Balaban J connectivity index is 2.04. The van der Waals surface area contributed by atoms with E-state index in [0.29, 0.717) is 24.9 Å². The SMILES string of the molecule is NCCCCC(NC(=O)C(N)Cc1ccccc1)C(=O)NC(CO)C(=O)NC(Cc1ccc(O)cc1)C(=O)O. The van der Waals surface area contributed by atoms with Crippen molar-refractivity contribution in [1.29, 1.82) is 0 Å². The maximum atomic E-state index is 13.0. The zero-order valence-corrected chi connectivity index (χ0v) is 21.6. The van der Waals surface area contributed by atoms with E-state index in [-0.39, 0.29) is 25.0 Å². The lowest BCUT2D eigenvalue weighted by molar-refractivity contribution is -0.142. The van der Waals surface area contributed by atoms with E-state index in [0.717, 1.165) is 5.56 Å². The second kappa shape index (κ2) is 16.1. The minimum absolute atomic E-state index is 0.00634. The van der Waals surface area contributed by atoms with Crippen molar-refractivity contribution < 1.29 is 34.5 Å². The van der Waals surface area contributed by atoms with Gasteiger partial charge in [0.15, 0.2) is 0 Å². The Kier molecular flexibility index (Phi) is 12.9. The molecule has 0 saturated carbocycles. The van der Waals surface area contributed by atoms with Crippen LogP contribution in [0.3, 0.4) is 0 Å².